The van der Waals surface area contributed by atoms with Crippen LogP contribution in [0.15, 0.2) is 18.2 Å². The van der Waals surface area contributed by atoms with Crippen LogP contribution >= 0.6 is 0 Å². The number of halogens is 3. The van der Waals surface area contributed by atoms with Crippen molar-refractivity contribution >= 4 is 11.6 Å². The number of nitrogens with one attached hydrogen (secondary N) is 1. The Bertz CT molecular complexity index is 472. The molecule has 21 heavy (non-hydrogen) atoms. The summed E-state index contributed by atoms with van der Waals surface area (Å²) in [5, 5.41) is 2.51. The summed E-state index contributed by atoms with van der Waals surface area (Å²) in [5.41, 5.74) is 4.97. The monoisotopic (exact) mass is 302 g/mol. The Morgan fingerprint density at radius 3 is 2.48 bits per heavy atom. The van der Waals surface area contributed by atoms with Gasteiger partial charge in [0.15, 0.2) is 0 Å². The Hall–Kier alpha value is -1.56. The van der Waals surface area contributed by atoms with Crippen LogP contribution in [0.25, 0.3) is 0 Å². The molecule has 0 aliphatic heterocycles. The number of nitrogens with two attached hydrogens (primary N) is 1. The highest BCUT2D eigenvalue weighted by Crippen LogP contribution is 2.33. The van der Waals surface area contributed by atoms with Gasteiger partial charge in [-0.3, -0.25) is 4.79 Å². The SMILES string of the molecule is Cc1ccc(NC(=O)CCCCCCN)cc1C(F)(F)F. The molecule has 0 unspecified atom stereocenters. The van der Waals surface area contributed by atoms with Gasteiger partial charge in [0.05, 0.1) is 5.56 Å². The second-order valence-electron chi connectivity index (χ2n) is 5.03. The Kier molecular flexibility index (Phi) is 6.68. The van der Waals surface area contributed by atoms with Crippen LogP contribution in [-0.4, -0.2) is 12.5 Å². The minimum Gasteiger partial charge on any atom is -0.330 e. The zero-order chi connectivity index (χ0) is 15.9. The molecule has 0 saturated heterocycles. The summed E-state index contributed by atoms with van der Waals surface area (Å²) < 4.78 is 38.3. The number of alkyl halides is 3. The van der Waals surface area contributed by atoms with Crippen LogP contribution in [0.5, 0.6) is 0 Å². The second-order valence-corrected chi connectivity index (χ2v) is 5.03. The fourth-order valence-corrected chi connectivity index (χ4v) is 2.01. The summed E-state index contributed by atoms with van der Waals surface area (Å²) in [6, 6.07) is 3.82. The molecule has 3 nitrogen and oxygen atoms in total. The normalized spacial score (nSPS) is 11.5. The fourth-order valence-electron chi connectivity index (χ4n) is 2.01. The zero-order valence-corrected chi connectivity index (χ0v) is 12.1. The van der Waals surface area contributed by atoms with Gasteiger partial charge in [-0.1, -0.05) is 18.9 Å². The number of carbonyl (C=O) groups excluding carboxylic acids is 1. The number of hydrogen-bond donors (Lipinski definition) is 2. The second kappa shape index (κ2) is 8.02. The summed E-state index contributed by atoms with van der Waals surface area (Å²) >= 11 is 0. The van der Waals surface area contributed by atoms with E-state index < -0.39 is 11.7 Å². The third-order valence-electron chi connectivity index (χ3n) is 3.18. The van der Waals surface area contributed by atoms with Gasteiger partial charge in [-0.25, -0.2) is 0 Å². The van der Waals surface area contributed by atoms with E-state index in [1.807, 2.05) is 0 Å². The molecule has 1 rings (SSSR count). The first-order chi connectivity index (χ1) is 9.84. The summed E-state index contributed by atoms with van der Waals surface area (Å²) in [5.74, 6) is -0.264. The van der Waals surface area contributed by atoms with Crippen LogP contribution in [0.4, 0.5) is 18.9 Å². The fraction of sp³-hybridized carbons (Fsp3) is 0.533. The van der Waals surface area contributed by atoms with Crippen molar-refractivity contribution in [3.63, 3.8) is 0 Å². The highest BCUT2D eigenvalue weighted by Gasteiger charge is 2.32. The number of aryl methyl sites for hydroxylation is 1. The maximum Gasteiger partial charge on any atom is 0.416 e. The molecular weight excluding hydrogens is 281 g/mol. The predicted octanol–water partition coefficient (Wildman–Crippen LogP) is 3.86. The van der Waals surface area contributed by atoms with E-state index in [-0.39, 0.29) is 17.2 Å². The van der Waals surface area contributed by atoms with Gasteiger partial charge in [-0.05, 0) is 44.0 Å². The Morgan fingerprint density at radius 2 is 1.86 bits per heavy atom. The van der Waals surface area contributed by atoms with Crippen molar-refractivity contribution in [2.24, 2.45) is 5.73 Å². The van der Waals surface area contributed by atoms with Crippen molar-refractivity contribution in [1.82, 2.24) is 0 Å². The van der Waals surface area contributed by atoms with E-state index in [9.17, 15) is 18.0 Å². The van der Waals surface area contributed by atoms with E-state index in [0.29, 0.717) is 19.4 Å². The Balaban J connectivity index is 2.53. The van der Waals surface area contributed by atoms with E-state index in [4.69, 9.17) is 5.73 Å². The van der Waals surface area contributed by atoms with E-state index in [1.54, 1.807) is 0 Å². The molecule has 0 spiro atoms. The third kappa shape index (κ3) is 6.16. The van der Waals surface area contributed by atoms with Crippen molar-refractivity contribution in [2.75, 3.05) is 11.9 Å². The van der Waals surface area contributed by atoms with E-state index in [0.717, 1.165) is 25.3 Å². The lowest BCUT2D eigenvalue weighted by atomic mass is 10.1. The summed E-state index contributed by atoms with van der Waals surface area (Å²) in [4.78, 5) is 11.7. The van der Waals surface area contributed by atoms with E-state index in [1.165, 1.54) is 19.1 Å². The first-order valence-electron chi connectivity index (χ1n) is 7.02. The number of anilines is 1. The molecule has 0 radical (unpaired) electrons. The maximum absolute atomic E-state index is 12.8. The molecule has 0 bridgehead atoms. The van der Waals surface area contributed by atoms with Crippen LogP contribution in [0, 0.1) is 6.92 Å². The quantitative estimate of drug-likeness (QED) is 0.751. The average molecular weight is 302 g/mol. The van der Waals surface area contributed by atoms with Gasteiger partial charge in [0.25, 0.3) is 0 Å². The summed E-state index contributed by atoms with van der Waals surface area (Å²) in [6.45, 7) is 2.03. The number of amides is 1. The maximum atomic E-state index is 12.8. The smallest absolute Gasteiger partial charge is 0.330 e. The van der Waals surface area contributed by atoms with Gasteiger partial charge in [-0.15, -0.1) is 0 Å². The van der Waals surface area contributed by atoms with E-state index >= 15 is 0 Å². The minimum atomic E-state index is -4.41. The van der Waals surface area contributed by atoms with Gasteiger partial charge < -0.3 is 11.1 Å². The molecule has 1 aromatic carbocycles. The lowest BCUT2D eigenvalue weighted by Gasteiger charge is -2.12. The van der Waals surface area contributed by atoms with Crippen molar-refractivity contribution in [1.29, 1.82) is 0 Å². The molecule has 0 aromatic heterocycles. The number of carbonyl (C=O) groups is 1. The molecule has 1 aromatic rings. The van der Waals surface area contributed by atoms with Gasteiger partial charge in [-0.2, -0.15) is 13.2 Å². The van der Waals surface area contributed by atoms with Crippen molar-refractivity contribution in [2.45, 2.75) is 45.2 Å². The average Bonchev–Trinajstić information content (AvgIpc) is 2.39. The predicted molar refractivity (Wildman–Crippen MR) is 77.0 cm³/mol. The number of unbranched alkanes of at least 4 members (excludes halogenated alkanes) is 3. The molecule has 0 atom stereocenters. The zero-order valence-electron chi connectivity index (χ0n) is 12.1. The molecule has 0 fully saturated rings. The van der Waals surface area contributed by atoms with Crippen LogP contribution in [-0.2, 0) is 11.0 Å². The molecule has 118 valence electrons. The Labute approximate surface area is 122 Å². The highest BCUT2D eigenvalue weighted by molar-refractivity contribution is 5.90. The number of benzene rings is 1. The van der Waals surface area contributed by atoms with Crippen molar-refractivity contribution in [3.8, 4) is 0 Å². The first-order valence-corrected chi connectivity index (χ1v) is 7.02. The topological polar surface area (TPSA) is 55.1 Å². The molecule has 0 aliphatic carbocycles. The van der Waals surface area contributed by atoms with Gasteiger partial charge in [0.2, 0.25) is 5.91 Å². The highest BCUT2D eigenvalue weighted by atomic mass is 19.4. The summed E-state index contributed by atoms with van der Waals surface area (Å²) in [7, 11) is 0. The molecular formula is C15H21F3N2O. The van der Waals surface area contributed by atoms with Crippen molar-refractivity contribution < 1.29 is 18.0 Å². The van der Waals surface area contributed by atoms with Gasteiger partial charge >= 0.3 is 6.18 Å². The van der Waals surface area contributed by atoms with Gasteiger partial charge in [0, 0.05) is 12.1 Å². The van der Waals surface area contributed by atoms with E-state index in [2.05, 4.69) is 5.32 Å². The number of rotatable bonds is 7. The molecule has 6 heteroatoms. The minimum absolute atomic E-state index is 0.141. The molecule has 3 N–H and O–H groups in total. The molecule has 0 heterocycles. The van der Waals surface area contributed by atoms with Crippen LogP contribution < -0.4 is 11.1 Å². The number of hydrogen-bond acceptors (Lipinski definition) is 2. The lowest BCUT2D eigenvalue weighted by molar-refractivity contribution is -0.138. The van der Waals surface area contributed by atoms with Crippen LogP contribution in [0.3, 0.4) is 0 Å². The lowest BCUT2D eigenvalue weighted by Crippen LogP contribution is -2.13. The summed E-state index contributed by atoms with van der Waals surface area (Å²) in [6.07, 6.45) is -0.607. The molecule has 0 aliphatic rings. The van der Waals surface area contributed by atoms with Crippen LogP contribution in [0.2, 0.25) is 0 Å². The largest absolute Gasteiger partial charge is 0.416 e. The third-order valence-corrected chi connectivity index (χ3v) is 3.18. The standard InChI is InChI=1S/C15H21F3N2O/c1-11-7-8-12(10-13(11)15(16,17)18)20-14(21)6-4-2-3-5-9-19/h7-8,10H,2-6,9,19H2,1H3,(H,20,21). The Morgan fingerprint density at radius 1 is 1.19 bits per heavy atom. The van der Waals surface area contributed by atoms with Gasteiger partial charge in [0.1, 0.15) is 0 Å². The molecule has 0 saturated carbocycles. The first kappa shape index (κ1) is 17.5. The van der Waals surface area contributed by atoms with Crippen molar-refractivity contribution in [3.05, 3.63) is 29.3 Å². The molecule has 1 amide bonds. The van der Waals surface area contributed by atoms with Crippen LogP contribution in [0.1, 0.15) is 43.2 Å².